The normalized spacial score (nSPS) is 11.1. The van der Waals surface area contributed by atoms with Gasteiger partial charge >= 0.3 is 0 Å². The van der Waals surface area contributed by atoms with Crippen LogP contribution in [0.1, 0.15) is 6.92 Å². The van der Waals surface area contributed by atoms with Gasteiger partial charge in [-0.2, -0.15) is 0 Å². The summed E-state index contributed by atoms with van der Waals surface area (Å²) in [5.41, 5.74) is 1.37. The highest BCUT2D eigenvalue weighted by Crippen LogP contribution is 2.22. The van der Waals surface area contributed by atoms with Gasteiger partial charge in [-0.25, -0.2) is 8.42 Å². The zero-order chi connectivity index (χ0) is 18.7. The monoisotopic (exact) mass is 366 g/mol. The Morgan fingerprint density at radius 3 is 2.15 bits per heavy atom. The fourth-order valence-electron chi connectivity index (χ4n) is 2.42. The molecule has 0 radical (unpaired) electrons. The third kappa shape index (κ3) is 3.92. The Hall–Kier alpha value is -3.12. The van der Waals surface area contributed by atoms with Crippen LogP contribution in [0.15, 0.2) is 83.8 Å². The van der Waals surface area contributed by atoms with Crippen molar-refractivity contribution in [3.63, 3.8) is 0 Å². The quantitative estimate of drug-likeness (QED) is 0.666. The second-order valence-corrected chi connectivity index (χ2v) is 7.61. The predicted molar refractivity (Wildman–Crippen MR) is 105 cm³/mol. The van der Waals surface area contributed by atoms with Crippen LogP contribution in [-0.2, 0) is 14.8 Å². The Bertz CT molecular complexity index is 1090. The summed E-state index contributed by atoms with van der Waals surface area (Å²) in [5.74, 6) is -0.310. The van der Waals surface area contributed by atoms with E-state index in [4.69, 9.17) is 0 Å². The highest BCUT2D eigenvalue weighted by molar-refractivity contribution is 7.92. The average Bonchev–Trinajstić information content (AvgIpc) is 2.61. The number of carbonyl (C=O) groups excluding carboxylic acids is 1. The van der Waals surface area contributed by atoms with Crippen LogP contribution in [0, 0.1) is 0 Å². The van der Waals surface area contributed by atoms with E-state index in [0.29, 0.717) is 16.9 Å². The van der Waals surface area contributed by atoms with Crippen molar-refractivity contribution in [2.45, 2.75) is 11.8 Å². The lowest BCUT2D eigenvalue weighted by Crippen LogP contribution is -2.14. The number of benzene rings is 3. The molecule has 0 atom stereocenters. The fourth-order valence-corrected chi connectivity index (χ4v) is 3.47. The minimum Gasteiger partial charge on any atom is -0.322 e. The molecular formula is C20H18N2O3S. The first-order valence-electron chi connectivity index (χ1n) is 7.94. The lowest BCUT2D eigenvalue weighted by molar-refractivity contribution is -0.112. The molecule has 0 saturated heterocycles. The van der Waals surface area contributed by atoms with Crippen LogP contribution < -0.4 is 10.0 Å². The van der Waals surface area contributed by atoms with E-state index in [1.54, 1.807) is 19.1 Å². The Morgan fingerprint density at radius 1 is 0.885 bits per heavy atom. The molecule has 5 nitrogen and oxygen atoms in total. The molecule has 1 amide bonds. The summed E-state index contributed by atoms with van der Waals surface area (Å²) in [6, 6.07) is 19.1. The number of nitrogens with one attached hydrogen (secondary N) is 2. The SMILES string of the molecule is C=C(C)C(=O)Nc1ccc(S(=O)(=O)Nc2ccc3ccccc3c2)cc1. The molecule has 0 aliphatic rings. The Labute approximate surface area is 152 Å². The van der Waals surface area contributed by atoms with Gasteiger partial charge in [0, 0.05) is 16.9 Å². The van der Waals surface area contributed by atoms with Crippen molar-refractivity contribution < 1.29 is 13.2 Å². The zero-order valence-corrected chi connectivity index (χ0v) is 15.0. The molecule has 0 saturated carbocycles. The van der Waals surface area contributed by atoms with Crippen molar-refractivity contribution in [3.05, 3.63) is 78.9 Å². The molecule has 6 heteroatoms. The summed E-state index contributed by atoms with van der Waals surface area (Å²) < 4.78 is 27.7. The standard InChI is InChI=1S/C20H18N2O3S/c1-14(2)20(23)21-17-9-11-19(12-10-17)26(24,25)22-18-8-7-15-5-3-4-6-16(15)13-18/h3-13,22H,1H2,2H3,(H,21,23). The second-order valence-electron chi connectivity index (χ2n) is 5.93. The lowest BCUT2D eigenvalue weighted by atomic mass is 10.1. The molecular weight excluding hydrogens is 348 g/mol. The van der Waals surface area contributed by atoms with E-state index < -0.39 is 10.0 Å². The van der Waals surface area contributed by atoms with Crippen LogP contribution in [0.2, 0.25) is 0 Å². The molecule has 0 aliphatic heterocycles. The van der Waals surface area contributed by atoms with Gasteiger partial charge in [-0.15, -0.1) is 0 Å². The van der Waals surface area contributed by atoms with Crippen LogP contribution in [-0.4, -0.2) is 14.3 Å². The number of fused-ring (bicyclic) bond motifs is 1. The van der Waals surface area contributed by atoms with Gasteiger partial charge in [0.15, 0.2) is 0 Å². The van der Waals surface area contributed by atoms with E-state index in [1.807, 2.05) is 30.3 Å². The maximum absolute atomic E-state index is 12.6. The third-order valence-corrected chi connectivity index (χ3v) is 5.21. The molecule has 26 heavy (non-hydrogen) atoms. The highest BCUT2D eigenvalue weighted by atomic mass is 32.2. The fraction of sp³-hybridized carbons (Fsp3) is 0.0500. The maximum atomic E-state index is 12.6. The van der Waals surface area contributed by atoms with Crippen LogP contribution in [0.25, 0.3) is 10.8 Å². The number of carbonyl (C=O) groups is 1. The Kier molecular flexibility index (Phi) is 4.77. The lowest BCUT2D eigenvalue weighted by Gasteiger charge is -2.10. The summed E-state index contributed by atoms with van der Waals surface area (Å²) in [4.78, 5) is 11.7. The van der Waals surface area contributed by atoms with E-state index in [0.717, 1.165) is 10.8 Å². The molecule has 0 heterocycles. The molecule has 132 valence electrons. The van der Waals surface area contributed by atoms with E-state index >= 15 is 0 Å². The first-order chi connectivity index (χ1) is 12.3. The number of sulfonamides is 1. The second kappa shape index (κ2) is 7.01. The number of hydrogen-bond acceptors (Lipinski definition) is 3. The van der Waals surface area contributed by atoms with Crippen LogP contribution in [0.3, 0.4) is 0 Å². The number of amides is 1. The van der Waals surface area contributed by atoms with Gasteiger partial charge in [0.05, 0.1) is 4.90 Å². The van der Waals surface area contributed by atoms with Crippen LogP contribution >= 0.6 is 0 Å². The van der Waals surface area contributed by atoms with Crippen LogP contribution in [0.5, 0.6) is 0 Å². The van der Waals surface area contributed by atoms with Crippen molar-refractivity contribution in [1.82, 2.24) is 0 Å². The summed E-state index contributed by atoms with van der Waals surface area (Å²) in [7, 11) is -3.72. The number of hydrogen-bond donors (Lipinski definition) is 2. The van der Waals surface area contributed by atoms with Crippen molar-refractivity contribution in [2.24, 2.45) is 0 Å². The Morgan fingerprint density at radius 2 is 1.50 bits per heavy atom. The first-order valence-corrected chi connectivity index (χ1v) is 9.42. The van der Waals surface area contributed by atoms with Crippen molar-refractivity contribution >= 4 is 38.1 Å². The van der Waals surface area contributed by atoms with Gasteiger partial charge < -0.3 is 5.32 Å². The average molecular weight is 366 g/mol. The van der Waals surface area contributed by atoms with Gasteiger partial charge in [0.2, 0.25) is 0 Å². The number of rotatable bonds is 5. The van der Waals surface area contributed by atoms with E-state index in [1.165, 1.54) is 24.3 Å². The molecule has 2 N–H and O–H groups in total. The summed E-state index contributed by atoms with van der Waals surface area (Å²) in [6.07, 6.45) is 0. The number of anilines is 2. The zero-order valence-electron chi connectivity index (χ0n) is 14.2. The van der Waals surface area contributed by atoms with Gasteiger partial charge in [0.25, 0.3) is 15.9 Å². The van der Waals surface area contributed by atoms with E-state index in [-0.39, 0.29) is 10.8 Å². The topological polar surface area (TPSA) is 75.3 Å². The molecule has 3 aromatic rings. The van der Waals surface area contributed by atoms with E-state index in [2.05, 4.69) is 16.6 Å². The minimum absolute atomic E-state index is 0.110. The Balaban J connectivity index is 1.80. The van der Waals surface area contributed by atoms with Gasteiger partial charge in [-0.1, -0.05) is 36.9 Å². The molecule has 0 fully saturated rings. The maximum Gasteiger partial charge on any atom is 0.261 e. The smallest absolute Gasteiger partial charge is 0.261 e. The van der Waals surface area contributed by atoms with Crippen molar-refractivity contribution in [3.8, 4) is 0 Å². The molecule has 0 bridgehead atoms. The highest BCUT2D eigenvalue weighted by Gasteiger charge is 2.14. The van der Waals surface area contributed by atoms with E-state index in [9.17, 15) is 13.2 Å². The third-order valence-electron chi connectivity index (χ3n) is 3.81. The summed E-state index contributed by atoms with van der Waals surface area (Å²) >= 11 is 0. The predicted octanol–water partition coefficient (Wildman–Crippen LogP) is 4.16. The van der Waals surface area contributed by atoms with Crippen LogP contribution in [0.4, 0.5) is 11.4 Å². The summed E-state index contributed by atoms with van der Waals surface area (Å²) in [5, 5.41) is 4.62. The molecule has 0 aromatic heterocycles. The van der Waals surface area contributed by atoms with Crippen molar-refractivity contribution in [1.29, 1.82) is 0 Å². The largest absolute Gasteiger partial charge is 0.322 e. The molecule has 3 rings (SSSR count). The summed E-state index contributed by atoms with van der Waals surface area (Å²) in [6.45, 7) is 5.16. The van der Waals surface area contributed by atoms with Crippen molar-refractivity contribution in [2.75, 3.05) is 10.0 Å². The van der Waals surface area contributed by atoms with Gasteiger partial charge in [-0.3, -0.25) is 9.52 Å². The minimum atomic E-state index is -3.72. The van der Waals surface area contributed by atoms with Gasteiger partial charge in [-0.05, 0) is 54.1 Å². The first kappa shape index (κ1) is 17.7. The molecule has 0 aliphatic carbocycles. The molecule has 0 spiro atoms. The molecule has 0 unspecified atom stereocenters. The van der Waals surface area contributed by atoms with Gasteiger partial charge in [0.1, 0.15) is 0 Å². The molecule has 3 aromatic carbocycles.